The van der Waals surface area contributed by atoms with E-state index in [2.05, 4.69) is 21.3 Å². The van der Waals surface area contributed by atoms with E-state index in [0.29, 0.717) is 25.8 Å². The van der Waals surface area contributed by atoms with Gasteiger partial charge in [0.15, 0.2) is 0 Å². The van der Waals surface area contributed by atoms with Gasteiger partial charge in [-0.15, -0.1) is 0 Å². The fourth-order valence-electron chi connectivity index (χ4n) is 4.92. The van der Waals surface area contributed by atoms with Crippen LogP contribution in [0.25, 0.3) is 0 Å². The number of benzene rings is 2. The summed E-state index contributed by atoms with van der Waals surface area (Å²) >= 11 is 0. The summed E-state index contributed by atoms with van der Waals surface area (Å²) in [7, 11) is 0. The van der Waals surface area contributed by atoms with Crippen molar-refractivity contribution in [2.75, 3.05) is 6.54 Å². The minimum absolute atomic E-state index is 0.00122. The van der Waals surface area contributed by atoms with Gasteiger partial charge in [-0.05, 0) is 69.9 Å². The van der Waals surface area contributed by atoms with Crippen LogP contribution in [0.3, 0.4) is 0 Å². The van der Waals surface area contributed by atoms with Gasteiger partial charge in [0.25, 0.3) is 0 Å². The molecule has 11 nitrogen and oxygen atoms in total. The van der Waals surface area contributed by atoms with E-state index in [0.717, 1.165) is 11.1 Å². The third-order valence-corrected chi connectivity index (χ3v) is 7.29. The number of hydrogen-bond donors (Lipinski definition) is 5. The molecule has 0 aromatic heterocycles. The molecule has 0 unspecified atom stereocenters. The normalized spacial score (nSPS) is 13.9. The third kappa shape index (κ3) is 15.6. The number of amides is 4. The highest BCUT2D eigenvalue weighted by Gasteiger charge is 2.31. The number of unbranched alkanes of at least 4 members (excludes halogenated alkanes) is 1. The molecule has 0 heterocycles. The van der Waals surface area contributed by atoms with E-state index in [1.165, 1.54) is 0 Å². The maximum absolute atomic E-state index is 13.7. The highest BCUT2D eigenvalue weighted by molar-refractivity contribution is 5.93. The zero-order valence-corrected chi connectivity index (χ0v) is 28.5. The van der Waals surface area contributed by atoms with Crippen molar-refractivity contribution in [2.45, 2.75) is 104 Å². The molecule has 4 atom stereocenters. The summed E-state index contributed by atoms with van der Waals surface area (Å²) in [6.45, 7) is 11.2. The molecular weight excluding hydrogens is 600 g/mol. The number of aliphatic carboxylic acids is 1. The molecule has 2 aromatic rings. The number of hydrogen-bond acceptors (Lipinski definition) is 6. The zero-order valence-electron chi connectivity index (χ0n) is 28.5. The topological polar surface area (TPSA) is 163 Å². The molecule has 0 spiro atoms. The molecule has 5 N–H and O–H groups in total. The number of carboxylic acid groups (broad SMARTS) is 1. The standard InChI is InChI=1S/C36H52N4O7/c1-24(2)21-29(32(42)38-28(34(44)45)19-13-14-20-37-35(46)47-36(4,5)6)40-33(43)30(23-27-17-11-8-12-18-27)39-31(41)25(3)22-26-15-9-7-10-16-26/h7-12,15-18,24-25,28-30H,13-14,19-23H2,1-6H3,(H,37,46)(H,38,42)(H,39,41)(H,40,43)(H,44,45)/t25-,28-,29-,30-/m1/s1. The monoisotopic (exact) mass is 652 g/mol. The second-order valence-corrected chi connectivity index (χ2v) is 13.4. The fourth-order valence-corrected chi connectivity index (χ4v) is 4.92. The molecule has 0 bridgehead atoms. The van der Waals surface area contributed by atoms with E-state index in [9.17, 15) is 29.1 Å². The molecule has 0 saturated carbocycles. The summed E-state index contributed by atoms with van der Waals surface area (Å²) in [5, 5.41) is 20.7. The minimum atomic E-state index is -1.20. The predicted molar refractivity (Wildman–Crippen MR) is 180 cm³/mol. The first-order valence-electron chi connectivity index (χ1n) is 16.3. The largest absolute Gasteiger partial charge is 0.480 e. The van der Waals surface area contributed by atoms with Crippen LogP contribution in [-0.4, -0.2) is 65.2 Å². The predicted octanol–water partition coefficient (Wildman–Crippen LogP) is 4.39. The lowest BCUT2D eigenvalue weighted by Crippen LogP contribution is -2.57. The average Bonchev–Trinajstić information content (AvgIpc) is 2.99. The zero-order chi connectivity index (χ0) is 35.0. The lowest BCUT2D eigenvalue weighted by Gasteiger charge is -2.26. The second kappa shape index (κ2) is 19.3. The van der Waals surface area contributed by atoms with Gasteiger partial charge in [0, 0.05) is 18.9 Å². The van der Waals surface area contributed by atoms with Crippen molar-refractivity contribution in [1.29, 1.82) is 0 Å². The summed E-state index contributed by atoms with van der Waals surface area (Å²) < 4.78 is 5.19. The van der Waals surface area contributed by atoms with Crippen LogP contribution in [0, 0.1) is 11.8 Å². The molecule has 2 aromatic carbocycles. The number of carbonyl (C=O) groups excluding carboxylic acids is 4. The molecule has 2 rings (SSSR count). The van der Waals surface area contributed by atoms with Crippen LogP contribution in [0.1, 0.15) is 78.4 Å². The highest BCUT2D eigenvalue weighted by atomic mass is 16.6. The Morgan fingerprint density at radius 2 is 1.21 bits per heavy atom. The Bertz CT molecular complexity index is 1300. The molecular formula is C36H52N4O7. The molecule has 0 aliphatic rings. The van der Waals surface area contributed by atoms with Crippen molar-refractivity contribution in [3.05, 3.63) is 71.8 Å². The van der Waals surface area contributed by atoms with E-state index in [1.807, 2.05) is 74.5 Å². The number of nitrogens with one attached hydrogen (secondary N) is 4. The number of ether oxygens (including phenoxy) is 1. The molecule has 47 heavy (non-hydrogen) atoms. The van der Waals surface area contributed by atoms with Crippen LogP contribution in [-0.2, 0) is 36.8 Å². The van der Waals surface area contributed by atoms with Gasteiger partial charge in [0.2, 0.25) is 17.7 Å². The van der Waals surface area contributed by atoms with Gasteiger partial charge >= 0.3 is 12.1 Å². The quantitative estimate of drug-likeness (QED) is 0.149. The Labute approximate surface area is 278 Å². The maximum atomic E-state index is 13.7. The van der Waals surface area contributed by atoms with Gasteiger partial charge in [0.05, 0.1) is 0 Å². The van der Waals surface area contributed by atoms with Crippen molar-refractivity contribution in [2.24, 2.45) is 11.8 Å². The lowest BCUT2D eigenvalue weighted by molar-refractivity contribution is -0.142. The first kappa shape index (κ1) is 38.8. The van der Waals surface area contributed by atoms with Crippen LogP contribution in [0.5, 0.6) is 0 Å². The Kier molecular flexibility index (Phi) is 15.9. The molecule has 0 saturated heterocycles. The molecule has 11 heteroatoms. The first-order valence-corrected chi connectivity index (χ1v) is 16.3. The van der Waals surface area contributed by atoms with Crippen LogP contribution >= 0.6 is 0 Å². The number of alkyl carbamates (subject to hydrolysis) is 1. The Balaban J connectivity index is 2.08. The van der Waals surface area contributed by atoms with Crippen molar-refractivity contribution in [3.8, 4) is 0 Å². The van der Waals surface area contributed by atoms with Crippen LogP contribution in [0.15, 0.2) is 60.7 Å². The summed E-state index contributed by atoms with van der Waals surface area (Å²) in [5.41, 5.74) is 1.21. The van der Waals surface area contributed by atoms with E-state index in [-0.39, 0.29) is 31.1 Å². The summed E-state index contributed by atoms with van der Waals surface area (Å²) in [6.07, 6.45) is 1.45. The van der Waals surface area contributed by atoms with Gasteiger partial charge in [-0.2, -0.15) is 0 Å². The van der Waals surface area contributed by atoms with E-state index >= 15 is 0 Å². The number of carboxylic acids is 1. The third-order valence-electron chi connectivity index (χ3n) is 7.29. The van der Waals surface area contributed by atoms with E-state index in [4.69, 9.17) is 4.74 Å². The SMILES string of the molecule is CC(C)C[C@@H](NC(=O)[C@@H](Cc1ccccc1)NC(=O)[C@H](C)Cc1ccccc1)C(=O)N[C@H](CCCCNC(=O)OC(C)(C)C)C(=O)O. The highest BCUT2D eigenvalue weighted by Crippen LogP contribution is 2.13. The Morgan fingerprint density at radius 1 is 0.702 bits per heavy atom. The fraction of sp³-hybridized carbons (Fsp3) is 0.528. The van der Waals surface area contributed by atoms with Gasteiger partial charge in [-0.3, -0.25) is 14.4 Å². The summed E-state index contributed by atoms with van der Waals surface area (Å²) in [6, 6.07) is 15.7. The Morgan fingerprint density at radius 3 is 1.74 bits per heavy atom. The molecule has 4 amide bonds. The van der Waals surface area contributed by atoms with E-state index < -0.39 is 53.5 Å². The van der Waals surface area contributed by atoms with Crippen molar-refractivity contribution in [1.82, 2.24) is 21.3 Å². The summed E-state index contributed by atoms with van der Waals surface area (Å²) in [5.74, 6) is -3.05. The first-order chi connectivity index (χ1) is 22.1. The molecule has 0 aliphatic carbocycles. The lowest BCUT2D eigenvalue weighted by atomic mass is 9.98. The minimum Gasteiger partial charge on any atom is -0.480 e. The summed E-state index contributed by atoms with van der Waals surface area (Å²) in [4.78, 5) is 64.2. The average molecular weight is 653 g/mol. The van der Waals surface area contributed by atoms with Gasteiger partial charge in [-0.1, -0.05) is 81.4 Å². The van der Waals surface area contributed by atoms with E-state index in [1.54, 1.807) is 27.7 Å². The molecule has 0 radical (unpaired) electrons. The number of rotatable bonds is 18. The van der Waals surface area contributed by atoms with Crippen LogP contribution in [0.2, 0.25) is 0 Å². The van der Waals surface area contributed by atoms with Crippen molar-refractivity contribution < 1.29 is 33.8 Å². The number of carbonyl (C=O) groups is 5. The van der Waals surface area contributed by atoms with Crippen molar-refractivity contribution >= 4 is 29.8 Å². The molecule has 258 valence electrons. The van der Waals surface area contributed by atoms with Gasteiger partial charge in [-0.25, -0.2) is 9.59 Å². The van der Waals surface area contributed by atoms with Crippen molar-refractivity contribution in [3.63, 3.8) is 0 Å². The smallest absolute Gasteiger partial charge is 0.407 e. The van der Waals surface area contributed by atoms with Gasteiger partial charge < -0.3 is 31.1 Å². The van der Waals surface area contributed by atoms with Crippen LogP contribution < -0.4 is 21.3 Å². The second-order valence-electron chi connectivity index (χ2n) is 13.4. The Hall–Kier alpha value is -4.41. The van der Waals surface area contributed by atoms with Crippen LogP contribution in [0.4, 0.5) is 4.79 Å². The maximum Gasteiger partial charge on any atom is 0.407 e. The van der Waals surface area contributed by atoms with Gasteiger partial charge in [0.1, 0.15) is 23.7 Å². The molecule has 0 aliphatic heterocycles. The molecule has 0 fully saturated rings.